The van der Waals surface area contributed by atoms with E-state index in [0.29, 0.717) is 35.1 Å². The maximum absolute atomic E-state index is 10.2. The third-order valence-corrected chi connectivity index (χ3v) is 4.15. The van der Waals surface area contributed by atoms with Crippen LogP contribution in [-0.2, 0) is 13.2 Å². The number of hydrogen-bond donors (Lipinski definition) is 4. The van der Waals surface area contributed by atoms with Gasteiger partial charge in [-0.25, -0.2) is 0 Å². The number of ether oxygens (including phenoxy) is 1. The van der Waals surface area contributed by atoms with Gasteiger partial charge in [-0.1, -0.05) is 29.8 Å². The molecule has 6 heteroatoms. The number of rotatable bonds is 9. The Bertz CT molecular complexity index is 680. The first kappa shape index (κ1) is 19.7. The van der Waals surface area contributed by atoms with Gasteiger partial charge in [0.05, 0.1) is 19.3 Å². The quantitative estimate of drug-likeness (QED) is 0.548. The zero-order valence-corrected chi connectivity index (χ0v) is 14.9. The summed E-state index contributed by atoms with van der Waals surface area (Å²) in [5.41, 5.74) is 2.10. The number of benzene rings is 2. The molecule has 0 aromatic heterocycles. The molecular weight excluding hydrogens is 342 g/mol. The highest BCUT2D eigenvalue weighted by Crippen LogP contribution is 2.19. The van der Waals surface area contributed by atoms with Crippen LogP contribution in [-0.4, -0.2) is 34.5 Å². The van der Waals surface area contributed by atoms with Gasteiger partial charge in [-0.05, 0) is 47.9 Å². The smallest absolute Gasteiger partial charge is 0.119 e. The molecule has 2 aromatic carbocycles. The summed E-state index contributed by atoms with van der Waals surface area (Å²) >= 11 is 5.93. The molecule has 0 aliphatic heterocycles. The van der Waals surface area contributed by atoms with Crippen LogP contribution in [0, 0.1) is 0 Å². The van der Waals surface area contributed by atoms with E-state index in [2.05, 4.69) is 5.32 Å². The fourth-order valence-electron chi connectivity index (χ4n) is 2.42. The van der Waals surface area contributed by atoms with Crippen LogP contribution in [0.2, 0.25) is 5.02 Å². The first-order valence-electron chi connectivity index (χ1n) is 8.16. The summed E-state index contributed by atoms with van der Waals surface area (Å²) in [6.45, 7) is 2.49. The van der Waals surface area contributed by atoms with Gasteiger partial charge in [0.15, 0.2) is 0 Å². The van der Waals surface area contributed by atoms with Crippen LogP contribution in [0.4, 0.5) is 0 Å². The van der Waals surface area contributed by atoms with Gasteiger partial charge in [0.1, 0.15) is 12.4 Å². The molecule has 2 rings (SSSR count). The lowest BCUT2D eigenvalue weighted by molar-refractivity contribution is 0.163. The van der Waals surface area contributed by atoms with Crippen molar-refractivity contribution in [2.45, 2.75) is 32.3 Å². The maximum Gasteiger partial charge on any atom is 0.119 e. The van der Waals surface area contributed by atoms with E-state index in [4.69, 9.17) is 16.3 Å². The Morgan fingerprint density at radius 2 is 1.84 bits per heavy atom. The highest BCUT2D eigenvalue weighted by Gasteiger charge is 2.11. The molecule has 0 amide bonds. The topological polar surface area (TPSA) is 82.0 Å². The second kappa shape index (κ2) is 9.75. The summed E-state index contributed by atoms with van der Waals surface area (Å²) in [5.74, 6) is 0.630. The molecule has 25 heavy (non-hydrogen) atoms. The van der Waals surface area contributed by atoms with Crippen molar-refractivity contribution in [1.82, 2.24) is 5.32 Å². The second-order valence-corrected chi connectivity index (χ2v) is 6.37. The molecule has 0 aliphatic rings. The van der Waals surface area contributed by atoms with E-state index >= 15 is 0 Å². The van der Waals surface area contributed by atoms with Crippen molar-refractivity contribution in [3.05, 3.63) is 64.2 Å². The molecular formula is C19H24ClNO4. The molecule has 2 aromatic rings. The Morgan fingerprint density at radius 1 is 1.08 bits per heavy atom. The molecule has 4 N–H and O–H groups in total. The molecule has 0 aliphatic carbocycles. The molecule has 0 bridgehead atoms. The Hall–Kier alpha value is -1.63. The highest BCUT2D eigenvalue weighted by molar-refractivity contribution is 6.30. The largest absolute Gasteiger partial charge is 0.492 e. The minimum atomic E-state index is -0.647. The number of halogens is 1. The molecule has 2 atom stereocenters. The van der Waals surface area contributed by atoms with Crippen LogP contribution in [0.1, 0.15) is 29.7 Å². The first-order valence-corrected chi connectivity index (χ1v) is 8.54. The normalized spacial score (nSPS) is 13.5. The van der Waals surface area contributed by atoms with Gasteiger partial charge in [0, 0.05) is 17.6 Å². The predicted molar refractivity (Wildman–Crippen MR) is 97.7 cm³/mol. The molecule has 5 nitrogen and oxygen atoms in total. The molecule has 0 saturated carbocycles. The summed E-state index contributed by atoms with van der Waals surface area (Å²) in [5, 5.41) is 32.5. The van der Waals surface area contributed by atoms with Crippen LogP contribution in [0.25, 0.3) is 0 Å². The number of hydrogen-bond acceptors (Lipinski definition) is 5. The average Bonchev–Trinajstić information content (AvgIpc) is 2.64. The zero-order valence-electron chi connectivity index (χ0n) is 14.2. The summed E-state index contributed by atoms with van der Waals surface area (Å²) in [6, 6.07) is 12.4. The van der Waals surface area contributed by atoms with E-state index in [1.807, 2.05) is 19.1 Å². The van der Waals surface area contributed by atoms with Crippen molar-refractivity contribution >= 4 is 11.6 Å². The lowest BCUT2D eigenvalue weighted by Gasteiger charge is -2.18. The monoisotopic (exact) mass is 365 g/mol. The predicted octanol–water partition coefficient (Wildman–Crippen LogP) is 2.42. The van der Waals surface area contributed by atoms with Crippen LogP contribution in [0.3, 0.4) is 0 Å². The second-order valence-electron chi connectivity index (χ2n) is 5.94. The Morgan fingerprint density at radius 3 is 2.52 bits per heavy atom. The van der Waals surface area contributed by atoms with Crippen LogP contribution < -0.4 is 10.1 Å². The molecule has 0 fully saturated rings. The van der Waals surface area contributed by atoms with Crippen molar-refractivity contribution in [3.8, 4) is 5.75 Å². The van der Waals surface area contributed by atoms with Crippen molar-refractivity contribution in [2.75, 3.05) is 13.2 Å². The van der Waals surface area contributed by atoms with Gasteiger partial charge in [-0.3, -0.25) is 0 Å². The van der Waals surface area contributed by atoms with Crippen LogP contribution in [0.15, 0.2) is 42.5 Å². The summed E-state index contributed by atoms with van der Waals surface area (Å²) in [7, 11) is 0. The van der Waals surface area contributed by atoms with Gasteiger partial charge in [0.2, 0.25) is 0 Å². The van der Waals surface area contributed by atoms with Crippen molar-refractivity contribution in [1.29, 1.82) is 0 Å². The molecule has 0 heterocycles. The van der Waals surface area contributed by atoms with Crippen molar-refractivity contribution in [3.63, 3.8) is 0 Å². The standard InChI is InChI=1S/C19H24ClNO4/c1-13(21-9-19(24)14-3-2-4-17(20)7-14)12-25-18-6-5-15(10-22)16(8-18)11-23/h2-8,13,19,21-24H,9-12H2,1H3. The Balaban J connectivity index is 1.81. The molecule has 0 spiro atoms. The number of aliphatic hydroxyl groups is 3. The van der Waals surface area contributed by atoms with Gasteiger partial charge in [-0.15, -0.1) is 0 Å². The van der Waals surface area contributed by atoms with Crippen LogP contribution in [0.5, 0.6) is 5.75 Å². The molecule has 0 saturated heterocycles. The minimum Gasteiger partial charge on any atom is -0.492 e. The summed E-state index contributed by atoms with van der Waals surface area (Å²) < 4.78 is 5.71. The highest BCUT2D eigenvalue weighted by atomic mass is 35.5. The van der Waals surface area contributed by atoms with E-state index in [9.17, 15) is 15.3 Å². The number of nitrogens with one attached hydrogen (secondary N) is 1. The maximum atomic E-state index is 10.2. The fourth-order valence-corrected chi connectivity index (χ4v) is 2.62. The molecule has 136 valence electrons. The molecule has 0 radical (unpaired) electrons. The minimum absolute atomic E-state index is 0.0175. The number of aliphatic hydroxyl groups excluding tert-OH is 3. The Labute approximate surface area is 152 Å². The van der Waals surface area contributed by atoms with Gasteiger partial charge in [-0.2, -0.15) is 0 Å². The van der Waals surface area contributed by atoms with E-state index in [1.54, 1.807) is 30.3 Å². The van der Waals surface area contributed by atoms with E-state index in [1.165, 1.54) is 0 Å². The Kier molecular flexibility index (Phi) is 7.68. The van der Waals surface area contributed by atoms with E-state index in [-0.39, 0.29) is 19.3 Å². The fraction of sp³-hybridized carbons (Fsp3) is 0.368. The van der Waals surface area contributed by atoms with Crippen molar-refractivity contribution < 1.29 is 20.1 Å². The van der Waals surface area contributed by atoms with Gasteiger partial charge in [0.25, 0.3) is 0 Å². The molecule has 2 unspecified atom stereocenters. The van der Waals surface area contributed by atoms with E-state index in [0.717, 1.165) is 5.56 Å². The lowest BCUT2D eigenvalue weighted by Crippen LogP contribution is -2.34. The third kappa shape index (κ3) is 5.99. The zero-order chi connectivity index (χ0) is 18.2. The summed E-state index contributed by atoms with van der Waals surface area (Å²) in [4.78, 5) is 0. The average molecular weight is 366 g/mol. The van der Waals surface area contributed by atoms with Crippen LogP contribution >= 0.6 is 11.6 Å². The van der Waals surface area contributed by atoms with Crippen molar-refractivity contribution in [2.24, 2.45) is 0 Å². The lowest BCUT2D eigenvalue weighted by atomic mass is 10.1. The third-order valence-electron chi connectivity index (χ3n) is 3.91. The van der Waals surface area contributed by atoms with E-state index < -0.39 is 6.10 Å². The summed E-state index contributed by atoms with van der Waals surface area (Å²) in [6.07, 6.45) is -0.647. The van der Waals surface area contributed by atoms with Gasteiger partial charge >= 0.3 is 0 Å². The SMILES string of the molecule is CC(COc1ccc(CO)c(CO)c1)NCC(O)c1cccc(Cl)c1. The first-order chi connectivity index (χ1) is 12.0. The van der Waals surface area contributed by atoms with Gasteiger partial charge < -0.3 is 25.4 Å².